The van der Waals surface area contributed by atoms with E-state index in [-0.39, 0.29) is 5.91 Å². The van der Waals surface area contributed by atoms with E-state index in [1.807, 2.05) is 24.3 Å². The molecule has 1 aliphatic rings. The van der Waals surface area contributed by atoms with Crippen LogP contribution in [0.4, 0.5) is 0 Å². The second-order valence-corrected chi connectivity index (χ2v) is 6.10. The van der Waals surface area contributed by atoms with Crippen LogP contribution in [0.1, 0.15) is 27.0 Å². The Bertz CT molecular complexity index is 857. The van der Waals surface area contributed by atoms with E-state index in [4.69, 9.17) is 0 Å². The van der Waals surface area contributed by atoms with Gasteiger partial charge in [0.1, 0.15) is 0 Å². The number of amides is 1. The Morgan fingerprint density at radius 2 is 1.65 bits per heavy atom. The van der Waals surface area contributed by atoms with Crippen LogP contribution < -0.4 is 5.32 Å². The standard InChI is InChI=1S/C21H19NO/c23-21(22-14-13-15-5-2-1-3-6-15)19-12-11-17-10-9-16-7-4-8-18(19)20(16)17/h1-8,11-12H,9-10,13-14H2,(H,22,23). The number of hydrogen-bond donors (Lipinski definition) is 1. The number of carbonyl (C=O) groups excluding carboxylic acids is 1. The smallest absolute Gasteiger partial charge is 0.251 e. The summed E-state index contributed by atoms with van der Waals surface area (Å²) >= 11 is 0. The van der Waals surface area contributed by atoms with Gasteiger partial charge in [0.2, 0.25) is 0 Å². The number of carbonyl (C=O) groups is 1. The summed E-state index contributed by atoms with van der Waals surface area (Å²) in [5, 5.41) is 5.45. The predicted octanol–water partition coefficient (Wildman–Crippen LogP) is 3.91. The molecule has 2 nitrogen and oxygen atoms in total. The van der Waals surface area contributed by atoms with Crippen LogP contribution >= 0.6 is 0 Å². The third kappa shape index (κ3) is 2.61. The summed E-state index contributed by atoms with van der Waals surface area (Å²) < 4.78 is 0. The maximum atomic E-state index is 12.6. The first-order chi connectivity index (χ1) is 11.3. The Hall–Kier alpha value is -2.61. The average molecular weight is 301 g/mol. The molecule has 0 aromatic heterocycles. The molecular weight excluding hydrogens is 282 g/mol. The quantitative estimate of drug-likeness (QED) is 0.777. The van der Waals surface area contributed by atoms with Crippen molar-refractivity contribution in [2.24, 2.45) is 0 Å². The van der Waals surface area contributed by atoms with Crippen molar-refractivity contribution < 1.29 is 4.79 Å². The van der Waals surface area contributed by atoms with Gasteiger partial charge in [-0.1, -0.05) is 54.6 Å². The zero-order valence-electron chi connectivity index (χ0n) is 13.0. The monoisotopic (exact) mass is 301 g/mol. The number of benzene rings is 3. The molecule has 0 unspecified atom stereocenters. The lowest BCUT2D eigenvalue weighted by molar-refractivity contribution is 0.0956. The maximum Gasteiger partial charge on any atom is 0.251 e. The topological polar surface area (TPSA) is 29.1 Å². The van der Waals surface area contributed by atoms with Crippen LogP contribution in [0.3, 0.4) is 0 Å². The molecule has 0 radical (unpaired) electrons. The van der Waals surface area contributed by atoms with Crippen molar-refractivity contribution >= 4 is 16.7 Å². The molecule has 1 N–H and O–H groups in total. The number of rotatable bonds is 4. The first-order valence-corrected chi connectivity index (χ1v) is 8.18. The van der Waals surface area contributed by atoms with Crippen LogP contribution in [-0.4, -0.2) is 12.5 Å². The van der Waals surface area contributed by atoms with Crippen molar-refractivity contribution in [2.45, 2.75) is 19.3 Å². The summed E-state index contributed by atoms with van der Waals surface area (Å²) in [5.41, 5.74) is 4.78. The predicted molar refractivity (Wildman–Crippen MR) is 93.8 cm³/mol. The molecule has 0 spiro atoms. The Morgan fingerprint density at radius 1 is 0.870 bits per heavy atom. The van der Waals surface area contributed by atoms with Crippen molar-refractivity contribution in [3.05, 3.63) is 82.9 Å². The van der Waals surface area contributed by atoms with Crippen molar-refractivity contribution in [2.75, 3.05) is 6.54 Å². The van der Waals surface area contributed by atoms with Crippen LogP contribution in [0, 0.1) is 0 Å². The molecule has 4 rings (SSSR count). The van der Waals surface area contributed by atoms with E-state index in [9.17, 15) is 4.79 Å². The minimum absolute atomic E-state index is 0.0246. The van der Waals surface area contributed by atoms with E-state index in [2.05, 4.69) is 41.7 Å². The zero-order valence-corrected chi connectivity index (χ0v) is 13.0. The van der Waals surface area contributed by atoms with Gasteiger partial charge in [0, 0.05) is 12.1 Å². The molecule has 2 heteroatoms. The highest BCUT2D eigenvalue weighted by atomic mass is 16.1. The van der Waals surface area contributed by atoms with Gasteiger partial charge in [0.25, 0.3) is 5.91 Å². The minimum atomic E-state index is 0.0246. The molecule has 0 fully saturated rings. The third-order valence-electron chi connectivity index (χ3n) is 4.66. The lowest BCUT2D eigenvalue weighted by Gasteiger charge is -2.10. The number of nitrogens with one attached hydrogen (secondary N) is 1. The summed E-state index contributed by atoms with van der Waals surface area (Å²) in [4.78, 5) is 12.6. The fourth-order valence-electron chi connectivity index (χ4n) is 3.51. The van der Waals surface area contributed by atoms with E-state index in [0.29, 0.717) is 6.54 Å². The van der Waals surface area contributed by atoms with E-state index in [1.54, 1.807) is 0 Å². The van der Waals surface area contributed by atoms with E-state index in [1.165, 1.54) is 22.1 Å². The number of hydrogen-bond acceptors (Lipinski definition) is 1. The zero-order chi connectivity index (χ0) is 15.6. The van der Waals surface area contributed by atoms with Crippen LogP contribution in [0.2, 0.25) is 0 Å². The van der Waals surface area contributed by atoms with Gasteiger partial charge in [0.15, 0.2) is 0 Å². The normalized spacial score (nSPS) is 12.5. The lowest BCUT2D eigenvalue weighted by Crippen LogP contribution is -2.25. The maximum absolute atomic E-state index is 12.6. The highest BCUT2D eigenvalue weighted by Crippen LogP contribution is 2.32. The van der Waals surface area contributed by atoms with E-state index >= 15 is 0 Å². The van der Waals surface area contributed by atoms with Gasteiger partial charge in [-0.25, -0.2) is 0 Å². The molecule has 0 atom stereocenters. The van der Waals surface area contributed by atoms with Crippen molar-refractivity contribution in [3.8, 4) is 0 Å². The fraction of sp³-hybridized carbons (Fsp3) is 0.190. The molecule has 0 saturated carbocycles. The fourth-order valence-corrected chi connectivity index (χ4v) is 3.51. The van der Waals surface area contributed by atoms with Gasteiger partial charge in [-0.3, -0.25) is 4.79 Å². The highest BCUT2D eigenvalue weighted by molar-refractivity contribution is 6.09. The van der Waals surface area contributed by atoms with Crippen LogP contribution in [0.5, 0.6) is 0 Å². The van der Waals surface area contributed by atoms with E-state index < -0.39 is 0 Å². The minimum Gasteiger partial charge on any atom is -0.352 e. The number of aryl methyl sites for hydroxylation is 2. The summed E-state index contributed by atoms with van der Waals surface area (Å²) in [6.07, 6.45) is 3.03. The Labute approximate surface area is 136 Å². The molecule has 0 heterocycles. The average Bonchev–Trinajstić information content (AvgIpc) is 3.01. The molecule has 1 amide bonds. The van der Waals surface area contributed by atoms with E-state index in [0.717, 1.165) is 30.2 Å². The molecule has 0 bridgehead atoms. The van der Waals surface area contributed by atoms with Crippen LogP contribution in [0.15, 0.2) is 60.7 Å². The largest absolute Gasteiger partial charge is 0.352 e. The molecule has 23 heavy (non-hydrogen) atoms. The molecule has 3 aromatic rings. The molecule has 0 saturated heterocycles. The molecule has 114 valence electrons. The second kappa shape index (κ2) is 5.88. The molecule has 1 aliphatic carbocycles. The second-order valence-electron chi connectivity index (χ2n) is 6.10. The van der Waals surface area contributed by atoms with Crippen LogP contribution in [-0.2, 0) is 19.3 Å². The lowest BCUT2D eigenvalue weighted by atomic mass is 9.99. The SMILES string of the molecule is O=C(NCCc1ccccc1)c1ccc2c3c(cccc13)CC2. The van der Waals surface area contributed by atoms with Crippen molar-refractivity contribution in [1.82, 2.24) is 5.32 Å². The summed E-state index contributed by atoms with van der Waals surface area (Å²) in [7, 11) is 0. The van der Waals surface area contributed by atoms with Gasteiger partial charge in [-0.15, -0.1) is 0 Å². The van der Waals surface area contributed by atoms with Gasteiger partial charge in [-0.05, 0) is 52.8 Å². The first kappa shape index (κ1) is 14.0. The summed E-state index contributed by atoms with van der Waals surface area (Å²) in [6.45, 7) is 0.659. The van der Waals surface area contributed by atoms with Gasteiger partial charge < -0.3 is 5.32 Å². The van der Waals surface area contributed by atoms with Gasteiger partial charge in [-0.2, -0.15) is 0 Å². The highest BCUT2D eigenvalue weighted by Gasteiger charge is 2.18. The van der Waals surface area contributed by atoms with Gasteiger partial charge in [0.05, 0.1) is 0 Å². The summed E-state index contributed by atoms with van der Waals surface area (Å²) in [6, 6.07) is 20.6. The Kier molecular flexibility index (Phi) is 3.58. The molecule has 0 aliphatic heterocycles. The third-order valence-corrected chi connectivity index (χ3v) is 4.66. The van der Waals surface area contributed by atoms with Gasteiger partial charge >= 0.3 is 0 Å². The Morgan fingerprint density at radius 3 is 2.48 bits per heavy atom. The van der Waals surface area contributed by atoms with Crippen LogP contribution in [0.25, 0.3) is 10.8 Å². The van der Waals surface area contributed by atoms with Crippen molar-refractivity contribution in [3.63, 3.8) is 0 Å². The molecular formula is C21H19NO. The Balaban J connectivity index is 1.54. The van der Waals surface area contributed by atoms with Crippen molar-refractivity contribution in [1.29, 1.82) is 0 Å². The first-order valence-electron chi connectivity index (χ1n) is 8.18. The summed E-state index contributed by atoms with van der Waals surface area (Å²) in [5.74, 6) is 0.0246. The molecule has 3 aromatic carbocycles.